The van der Waals surface area contributed by atoms with Crippen LogP contribution in [0.1, 0.15) is 6.92 Å². The van der Waals surface area contributed by atoms with Crippen molar-refractivity contribution >= 4 is 11.0 Å². The predicted molar refractivity (Wildman–Crippen MR) is 147 cm³/mol. The number of rotatable bonds is 7. The van der Waals surface area contributed by atoms with Crippen molar-refractivity contribution in [3.05, 3.63) is 34.5 Å². The second-order valence-corrected chi connectivity index (χ2v) is 10.6. The molecular weight excluding hydrogens is 608 g/mol. The summed E-state index contributed by atoms with van der Waals surface area (Å²) in [5, 5.41) is 102. The summed E-state index contributed by atoms with van der Waals surface area (Å²) in [4.78, 5) is 13.8. The van der Waals surface area contributed by atoms with Crippen LogP contribution in [0.25, 0.3) is 22.3 Å². The molecule has 2 fully saturated rings. The van der Waals surface area contributed by atoms with E-state index in [9.17, 15) is 55.9 Å². The zero-order chi connectivity index (χ0) is 32.9. The van der Waals surface area contributed by atoms with E-state index in [1.807, 2.05) is 0 Å². The molecule has 5 rings (SSSR count). The van der Waals surface area contributed by atoms with Crippen LogP contribution in [0.4, 0.5) is 0 Å². The van der Waals surface area contributed by atoms with Crippen molar-refractivity contribution < 1.29 is 79.2 Å². The topological polar surface area (TPSA) is 279 Å². The average Bonchev–Trinajstić information content (AvgIpc) is 3.00. The molecule has 3 heterocycles. The number of aliphatic hydroxyl groups is 6. The minimum Gasteiger partial charge on any atom is -0.504 e. The molecule has 2 saturated heterocycles. The van der Waals surface area contributed by atoms with Crippen LogP contribution in [0.15, 0.2) is 33.5 Å². The van der Waals surface area contributed by atoms with Gasteiger partial charge in [-0.3, -0.25) is 4.79 Å². The molecule has 0 bridgehead atoms. The molecule has 0 radical (unpaired) electrons. The number of hydrogen-bond acceptors (Lipinski definition) is 17. The first-order chi connectivity index (χ1) is 21.2. The minimum atomic E-state index is -2.00. The number of benzene rings is 2. The summed E-state index contributed by atoms with van der Waals surface area (Å²) in [5.74, 6) is -4.20. The number of aromatic hydroxyl groups is 4. The Bertz CT molecular complexity index is 1610. The Balaban J connectivity index is 1.51. The Morgan fingerprint density at radius 3 is 2.09 bits per heavy atom. The lowest BCUT2D eigenvalue weighted by Gasteiger charge is -2.42. The monoisotopic (exact) mass is 640 g/mol. The maximum absolute atomic E-state index is 13.8. The number of methoxy groups -OCH3 is 1. The third kappa shape index (κ3) is 5.81. The first-order valence-corrected chi connectivity index (χ1v) is 13.5. The van der Waals surface area contributed by atoms with E-state index in [2.05, 4.69) is 0 Å². The van der Waals surface area contributed by atoms with Crippen molar-refractivity contribution in [2.75, 3.05) is 13.7 Å². The van der Waals surface area contributed by atoms with Gasteiger partial charge in [-0.15, -0.1) is 0 Å². The van der Waals surface area contributed by atoms with E-state index >= 15 is 0 Å². The van der Waals surface area contributed by atoms with E-state index in [1.165, 1.54) is 13.0 Å². The van der Waals surface area contributed by atoms with Crippen molar-refractivity contribution in [1.82, 2.24) is 0 Å². The standard InChI is InChI=1S/C28H32O17/c1-8-16(32)20(36)22(38)27(42-8)41-7-14-17(33)21(37)23(39)28(44-14)45-26-19(35)15-13(6-12(31)25(40-2)18(15)34)43-24(26)9-3-4-10(29)11(30)5-9/h3-6,8,14,16-17,20-23,27-34,36-39H,7H2,1-2H3/t8-,14-,16+,17+,20+,21-,22-,23-,27-,28+/m1/s1. The molecule has 0 amide bonds. The van der Waals surface area contributed by atoms with E-state index in [0.29, 0.717) is 0 Å². The number of hydrogen-bond donors (Lipinski definition) is 10. The summed E-state index contributed by atoms with van der Waals surface area (Å²) in [5.41, 5.74) is -1.50. The van der Waals surface area contributed by atoms with E-state index in [-0.39, 0.29) is 11.1 Å². The van der Waals surface area contributed by atoms with Gasteiger partial charge in [0.15, 0.2) is 35.0 Å². The third-order valence-corrected chi connectivity index (χ3v) is 7.63. The van der Waals surface area contributed by atoms with Gasteiger partial charge in [0.05, 0.1) is 19.8 Å². The number of phenolic OH excluding ortho intramolecular Hbond substituents is 4. The maximum atomic E-state index is 13.8. The highest BCUT2D eigenvalue weighted by Crippen LogP contribution is 2.44. The molecule has 3 aromatic rings. The molecule has 10 atom stereocenters. The van der Waals surface area contributed by atoms with Gasteiger partial charge in [-0.1, -0.05) is 0 Å². The normalized spacial score (nSPS) is 32.0. The molecular formula is C28H32O17. The second kappa shape index (κ2) is 12.5. The summed E-state index contributed by atoms with van der Waals surface area (Å²) in [6, 6.07) is 4.27. The Kier molecular flexibility index (Phi) is 9.00. The molecule has 2 aliphatic rings. The zero-order valence-corrected chi connectivity index (χ0v) is 23.6. The van der Waals surface area contributed by atoms with Crippen LogP contribution in [0.3, 0.4) is 0 Å². The van der Waals surface area contributed by atoms with Gasteiger partial charge in [-0.05, 0) is 25.1 Å². The summed E-state index contributed by atoms with van der Waals surface area (Å²) < 4.78 is 32.9. The zero-order valence-electron chi connectivity index (χ0n) is 23.6. The summed E-state index contributed by atoms with van der Waals surface area (Å²) >= 11 is 0. The quantitative estimate of drug-likeness (QED) is 0.129. The largest absolute Gasteiger partial charge is 0.504 e. The molecule has 45 heavy (non-hydrogen) atoms. The van der Waals surface area contributed by atoms with Gasteiger partial charge >= 0.3 is 0 Å². The SMILES string of the molecule is COc1c(O)cc2oc(-c3ccc(O)c(O)c3)c(O[C@@H]3O[C@H](CO[C@@H]4O[C@H](C)[C@H](O)[C@H](O)[C@H]4O)[C@H](O)[C@@H](O)[C@H]3O)c(=O)c2c1O. The van der Waals surface area contributed by atoms with Crippen LogP contribution in [0.2, 0.25) is 0 Å². The van der Waals surface area contributed by atoms with Crippen LogP contribution in [-0.2, 0) is 14.2 Å². The van der Waals surface area contributed by atoms with Crippen LogP contribution in [0, 0.1) is 0 Å². The molecule has 17 nitrogen and oxygen atoms in total. The number of ether oxygens (including phenoxy) is 5. The highest BCUT2D eigenvalue weighted by molar-refractivity contribution is 5.91. The van der Waals surface area contributed by atoms with Crippen molar-refractivity contribution in [3.63, 3.8) is 0 Å². The summed E-state index contributed by atoms with van der Waals surface area (Å²) in [6.07, 6.45) is -16.3. The van der Waals surface area contributed by atoms with Gasteiger partial charge in [0.1, 0.15) is 53.7 Å². The van der Waals surface area contributed by atoms with Gasteiger partial charge < -0.3 is 79.2 Å². The van der Waals surface area contributed by atoms with E-state index in [1.54, 1.807) is 0 Å². The molecule has 0 spiro atoms. The lowest BCUT2D eigenvalue weighted by molar-refractivity contribution is -0.318. The van der Waals surface area contributed by atoms with Crippen molar-refractivity contribution in [2.24, 2.45) is 0 Å². The molecule has 2 aliphatic heterocycles. The molecule has 2 aromatic carbocycles. The fourth-order valence-electron chi connectivity index (χ4n) is 5.06. The highest BCUT2D eigenvalue weighted by Gasteiger charge is 2.48. The van der Waals surface area contributed by atoms with Crippen LogP contribution in [0.5, 0.6) is 34.5 Å². The fourth-order valence-corrected chi connectivity index (χ4v) is 5.06. The minimum absolute atomic E-state index is 0.0573. The summed E-state index contributed by atoms with van der Waals surface area (Å²) in [7, 11) is 1.12. The van der Waals surface area contributed by atoms with Gasteiger partial charge in [0.25, 0.3) is 0 Å². The fraction of sp³-hybridized carbons (Fsp3) is 0.464. The second-order valence-electron chi connectivity index (χ2n) is 10.6. The molecule has 10 N–H and O–H groups in total. The van der Waals surface area contributed by atoms with E-state index in [4.69, 9.17) is 28.1 Å². The molecule has 0 aliphatic carbocycles. The Morgan fingerprint density at radius 2 is 1.42 bits per heavy atom. The van der Waals surface area contributed by atoms with Gasteiger partial charge in [0.2, 0.25) is 23.2 Å². The molecule has 1 aromatic heterocycles. The lowest BCUT2D eigenvalue weighted by Crippen LogP contribution is -2.61. The van der Waals surface area contributed by atoms with Crippen molar-refractivity contribution in [2.45, 2.75) is 68.3 Å². The molecule has 0 saturated carbocycles. The number of aliphatic hydroxyl groups excluding tert-OH is 6. The Hall–Kier alpha value is -3.91. The Labute approximate surface area is 252 Å². The average molecular weight is 641 g/mol. The maximum Gasteiger partial charge on any atom is 0.239 e. The first-order valence-electron chi connectivity index (χ1n) is 13.5. The molecule has 0 unspecified atom stereocenters. The van der Waals surface area contributed by atoms with Crippen molar-refractivity contribution in [1.29, 1.82) is 0 Å². The summed E-state index contributed by atoms with van der Waals surface area (Å²) in [6.45, 7) is 0.797. The van der Waals surface area contributed by atoms with Crippen LogP contribution in [-0.4, -0.2) is 126 Å². The molecule has 246 valence electrons. The van der Waals surface area contributed by atoms with Crippen LogP contribution >= 0.6 is 0 Å². The van der Waals surface area contributed by atoms with Crippen LogP contribution < -0.4 is 14.9 Å². The number of fused-ring (bicyclic) bond motifs is 1. The Morgan fingerprint density at radius 1 is 0.756 bits per heavy atom. The van der Waals surface area contributed by atoms with Gasteiger partial charge in [0, 0.05) is 11.6 Å². The van der Waals surface area contributed by atoms with Gasteiger partial charge in [-0.2, -0.15) is 0 Å². The predicted octanol–water partition coefficient (Wildman–Crippen LogP) is -1.68. The highest BCUT2D eigenvalue weighted by atomic mass is 16.7. The third-order valence-electron chi connectivity index (χ3n) is 7.63. The number of phenols is 4. The molecule has 17 heteroatoms. The van der Waals surface area contributed by atoms with Crippen molar-refractivity contribution in [3.8, 4) is 45.8 Å². The first kappa shape index (κ1) is 32.5. The van der Waals surface area contributed by atoms with E-state index in [0.717, 1.165) is 25.3 Å². The van der Waals surface area contributed by atoms with Gasteiger partial charge in [-0.25, -0.2) is 0 Å². The van der Waals surface area contributed by atoms with E-state index < -0.39 is 119 Å². The lowest BCUT2D eigenvalue weighted by atomic mass is 9.98. The smallest absolute Gasteiger partial charge is 0.239 e.